The number of amides is 1. The van der Waals surface area contributed by atoms with E-state index in [-0.39, 0.29) is 16.9 Å². The van der Waals surface area contributed by atoms with E-state index in [0.717, 1.165) is 44.2 Å². The maximum atomic E-state index is 12.9. The molecule has 8 nitrogen and oxygen atoms in total. The SMILES string of the molecule is O=C(CCn1cnc2cc(S(=O)(=O)N3CCCCC3)ccc21)NC[C@@H]1CCCO1. The van der Waals surface area contributed by atoms with Gasteiger partial charge in [0, 0.05) is 39.2 Å². The number of aromatic nitrogens is 2. The average molecular weight is 421 g/mol. The highest BCUT2D eigenvalue weighted by atomic mass is 32.2. The summed E-state index contributed by atoms with van der Waals surface area (Å²) < 4.78 is 34.7. The first kappa shape index (κ1) is 20.3. The van der Waals surface area contributed by atoms with Gasteiger partial charge < -0.3 is 14.6 Å². The molecule has 1 N–H and O–H groups in total. The zero-order valence-electron chi connectivity index (χ0n) is 16.5. The number of rotatable bonds is 7. The van der Waals surface area contributed by atoms with Crippen LogP contribution >= 0.6 is 0 Å². The molecule has 1 amide bonds. The summed E-state index contributed by atoms with van der Waals surface area (Å²) in [5.41, 5.74) is 1.46. The molecule has 1 atom stereocenters. The monoisotopic (exact) mass is 420 g/mol. The first-order chi connectivity index (χ1) is 14.0. The van der Waals surface area contributed by atoms with Crippen molar-refractivity contribution in [1.29, 1.82) is 0 Å². The number of sulfonamides is 1. The molecule has 0 aliphatic carbocycles. The van der Waals surface area contributed by atoms with Crippen LogP contribution in [0, 0.1) is 0 Å². The second-order valence-electron chi connectivity index (χ2n) is 7.74. The molecule has 1 aromatic heterocycles. The number of nitrogens with zero attached hydrogens (tertiary/aromatic N) is 3. The van der Waals surface area contributed by atoms with E-state index in [9.17, 15) is 13.2 Å². The number of aryl methyl sites for hydroxylation is 1. The molecule has 29 heavy (non-hydrogen) atoms. The molecule has 1 aromatic carbocycles. The summed E-state index contributed by atoms with van der Waals surface area (Å²) in [5.74, 6) is -0.0216. The number of piperidine rings is 1. The first-order valence-corrected chi connectivity index (χ1v) is 11.8. The van der Waals surface area contributed by atoms with Crippen LogP contribution in [0.15, 0.2) is 29.4 Å². The number of nitrogens with one attached hydrogen (secondary N) is 1. The van der Waals surface area contributed by atoms with Crippen molar-refractivity contribution in [2.45, 2.75) is 56.1 Å². The Kier molecular flexibility index (Phi) is 6.17. The molecule has 9 heteroatoms. The van der Waals surface area contributed by atoms with Gasteiger partial charge in [0.1, 0.15) is 0 Å². The molecule has 0 bridgehead atoms. The van der Waals surface area contributed by atoms with Gasteiger partial charge in [0.25, 0.3) is 0 Å². The molecule has 0 radical (unpaired) electrons. The number of benzene rings is 1. The lowest BCUT2D eigenvalue weighted by Crippen LogP contribution is -2.35. The highest BCUT2D eigenvalue weighted by Gasteiger charge is 2.26. The van der Waals surface area contributed by atoms with Gasteiger partial charge in [-0.15, -0.1) is 0 Å². The van der Waals surface area contributed by atoms with Gasteiger partial charge >= 0.3 is 0 Å². The van der Waals surface area contributed by atoms with Gasteiger partial charge in [-0.1, -0.05) is 6.42 Å². The standard InChI is InChI=1S/C20H28N4O4S/c25-20(21-14-16-5-4-12-28-16)8-11-23-15-22-18-13-17(6-7-19(18)23)29(26,27)24-9-2-1-3-10-24/h6-7,13,15-16H,1-5,8-12,14H2,(H,21,25)/t16-/m0/s1. The van der Waals surface area contributed by atoms with Crippen molar-refractivity contribution in [2.24, 2.45) is 0 Å². The van der Waals surface area contributed by atoms with Gasteiger partial charge in [-0.25, -0.2) is 13.4 Å². The zero-order valence-corrected chi connectivity index (χ0v) is 17.4. The van der Waals surface area contributed by atoms with Gasteiger partial charge in [-0.05, 0) is 43.9 Å². The van der Waals surface area contributed by atoms with Crippen molar-refractivity contribution in [1.82, 2.24) is 19.2 Å². The minimum atomic E-state index is -3.48. The van der Waals surface area contributed by atoms with Gasteiger partial charge in [0.15, 0.2) is 0 Å². The second-order valence-corrected chi connectivity index (χ2v) is 9.68. The topological polar surface area (TPSA) is 93.5 Å². The van der Waals surface area contributed by atoms with Crippen LogP contribution in [0.3, 0.4) is 0 Å². The van der Waals surface area contributed by atoms with E-state index in [2.05, 4.69) is 10.3 Å². The number of hydrogen-bond donors (Lipinski definition) is 1. The molecule has 2 aliphatic heterocycles. The third kappa shape index (κ3) is 4.62. The van der Waals surface area contributed by atoms with Gasteiger partial charge in [0.2, 0.25) is 15.9 Å². The summed E-state index contributed by atoms with van der Waals surface area (Å²) in [4.78, 5) is 16.7. The van der Waals surface area contributed by atoms with Gasteiger partial charge in [0.05, 0.1) is 28.4 Å². The van der Waals surface area contributed by atoms with Crippen LogP contribution in [-0.2, 0) is 26.1 Å². The lowest BCUT2D eigenvalue weighted by molar-refractivity contribution is -0.121. The lowest BCUT2D eigenvalue weighted by Gasteiger charge is -2.25. The Balaban J connectivity index is 1.39. The second kappa shape index (κ2) is 8.81. The molecule has 2 aliphatic rings. The van der Waals surface area contributed by atoms with E-state index in [1.807, 2.05) is 4.57 Å². The molecule has 4 rings (SSSR count). The summed E-state index contributed by atoms with van der Waals surface area (Å²) in [6.07, 6.45) is 7.08. The Morgan fingerprint density at radius 2 is 2.03 bits per heavy atom. The Morgan fingerprint density at radius 1 is 1.21 bits per heavy atom. The van der Waals surface area contributed by atoms with Crippen LogP contribution in [-0.4, -0.2) is 60.5 Å². The molecule has 0 spiro atoms. The Hall–Kier alpha value is -1.97. The van der Waals surface area contributed by atoms with E-state index in [1.165, 1.54) is 0 Å². The van der Waals surface area contributed by atoms with E-state index in [1.54, 1.807) is 28.8 Å². The number of hydrogen-bond acceptors (Lipinski definition) is 5. The van der Waals surface area contributed by atoms with Crippen molar-refractivity contribution in [3.05, 3.63) is 24.5 Å². The van der Waals surface area contributed by atoms with Crippen LogP contribution in [0.25, 0.3) is 11.0 Å². The summed E-state index contributed by atoms with van der Waals surface area (Å²) in [7, 11) is -3.48. The van der Waals surface area contributed by atoms with Crippen molar-refractivity contribution in [2.75, 3.05) is 26.2 Å². The number of fused-ring (bicyclic) bond motifs is 1. The third-order valence-corrected chi connectivity index (χ3v) is 7.57. The number of carbonyl (C=O) groups is 1. The number of carbonyl (C=O) groups excluding carboxylic acids is 1. The number of imidazole rings is 1. The predicted octanol–water partition coefficient (Wildman–Crippen LogP) is 1.90. The Labute approximate surface area is 171 Å². The summed E-state index contributed by atoms with van der Waals surface area (Å²) in [6, 6.07) is 5.05. The van der Waals surface area contributed by atoms with Crippen LogP contribution in [0.5, 0.6) is 0 Å². The molecular formula is C20H28N4O4S. The van der Waals surface area contributed by atoms with Crippen LogP contribution in [0.1, 0.15) is 38.5 Å². The average Bonchev–Trinajstić information content (AvgIpc) is 3.40. The molecule has 2 aromatic rings. The summed E-state index contributed by atoms with van der Waals surface area (Å²) >= 11 is 0. The molecular weight excluding hydrogens is 392 g/mol. The zero-order chi connectivity index (χ0) is 20.3. The van der Waals surface area contributed by atoms with E-state index < -0.39 is 10.0 Å². The maximum Gasteiger partial charge on any atom is 0.243 e. The lowest BCUT2D eigenvalue weighted by atomic mass is 10.2. The van der Waals surface area contributed by atoms with Crippen molar-refractivity contribution >= 4 is 27.0 Å². The molecule has 3 heterocycles. The molecule has 2 saturated heterocycles. The highest BCUT2D eigenvalue weighted by molar-refractivity contribution is 7.89. The minimum Gasteiger partial charge on any atom is -0.376 e. The third-order valence-electron chi connectivity index (χ3n) is 5.68. The normalized spacial score (nSPS) is 20.9. The number of ether oxygens (including phenoxy) is 1. The van der Waals surface area contributed by atoms with E-state index >= 15 is 0 Å². The minimum absolute atomic E-state index is 0.0216. The Morgan fingerprint density at radius 3 is 2.79 bits per heavy atom. The first-order valence-electron chi connectivity index (χ1n) is 10.4. The fraction of sp³-hybridized carbons (Fsp3) is 0.600. The maximum absolute atomic E-state index is 12.9. The largest absolute Gasteiger partial charge is 0.376 e. The predicted molar refractivity (Wildman–Crippen MR) is 109 cm³/mol. The van der Waals surface area contributed by atoms with Crippen molar-refractivity contribution < 1.29 is 17.9 Å². The van der Waals surface area contributed by atoms with Crippen molar-refractivity contribution in [3.63, 3.8) is 0 Å². The molecule has 0 saturated carbocycles. The van der Waals surface area contributed by atoms with Crippen LogP contribution in [0.4, 0.5) is 0 Å². The molecule has 158 valence electrons. The smallest absolute Gasteiger partial charge is 0.243 e. The quantitative estimate of drug-likeness (QED) is 0.738. The molecule has 2 fully saturated rings. The van der Waals surface area contributed by atoms with Crippen molar-refractivity contribution in [3.8, 4) is 0 Å². The highest BCUT2D eigenvalue weighted by Crippen LogP contribution is 2.24. The van der Waals surface area contributed by atoms with Crippen LogP contribution in [0.2, 0.25) is 0 Å². The van der Waals surface area contributed by atoms with Gasteiger partial charge in [-0.2, -0.15) is 4.31 Å². The summed E-state index contributed by atoms with van der Waals surface area (Å²) in [5, 5.41) is 2.92. The summed E-state index contributed by atoms with van der Waals surface area (Å²) in [6.45, 7) is 2.98. The fourth-order valence-electron chi connectivity index (χ4n) is 3.98. The van der Waals surface area contributed by atoms with Crippen LogP contribution < -0.4 is 5.32 Å². The van der Waals surface area contributed by atoms with E-state index in [0.29, 0.717) is 38.1 Å². The van der Waals surface area contributed by atoms with E-state index in [4.69, 9.17) is 4.74 Å². The van der Waals surface area contributed by atoms with Gasteiger partial charge in [-0.3, -0.25) is 4.79 Å². The Bertz CT molecular complexity index is 960. The fourth-order valence-corrected chi connectivity index (χ4v) is 5.52. The molecule has 0 unspecified atom stereocenters.